The van der Waals surface area contributed by atoms with E-state index in [1.807, 2.05) is 13.2 Å². The first-order valence-corrected chi connectivity index (χ1v) is 6.42. The van der Waals surface area contributed by atoms with E-state index in [1.165, 1.54) is 0 Å². The van der Waals surface area contributed by atoms with Crippen molar-refractivity contribution in [1.82, 2.24) is 20.0 Å². The zero-order valence-electron chi connectivity index (χ0n) is 11.8. The lowest BCUT2D eigenvalue weighted by atomic mass is 9.97. The summed E-state index contributed by atoms with van der Waals surface area (Å²) < 4.78 is 1.73. The molecule has 1 aliphatic rings. The molecule has 1 aromatic heterocycles. The normalized spacial score (nSPS) is 22.5. The number of carbonyl (C=O) groups is 2. The second kappa shape index (κ2) is 4.68. The average Bonchev–Trinajstić information content (AvgIpc) is 2.72. The van der Waals surface area contributed by atoms with Crippen LogP contribution < -0.4 is 5.32 Å². The largest absolute Gasteiger partial charge is 0.340 e. The molecule has 1 saturated heterocycles. The number of aryl methyl sites for hydroxylation is 1. The van der Waals surface area contributed by atoms with Gasteiger partial charge in [-0.3, -0.25) is 14.3 Å². The van der Waals surface area contributed by atoms with Crippen LogP contribution in [0.3, 0.4) is 0 Å². The highest BCUT2D eigenvalue weighted by atomic mass is 16.2. The molecule has 0 aromatic carbocycles. The maximum absolute atomic E-state index is 12.3. The summed E-state index contributed by atoms with van der Waals surface area (Å²) in [5, 5.41) is 6.84. The first-order chi connectivity index (χ1) is 8.81. The summed E-state index contributed by atoms with van der Waals surface area (Å²) in [5.41, 5.74) is 0.240. The summed E-state index contributed by atoms with van der Waals surface area (Å²) in [7, 11) is 1.86. The molecule has 0 spiro atoms. The van der Waals surface area contributed by atoms with Gasteiger partial charge in [-0.2, -0.15) is 5.10 Å². The molecule has 0 saturated carbocycles. The molecule has 19 heavy (non-hydrogen) atoms. The minimum absolute atomic E-state index is 0.0384. The topological polar surface area (TPSA) is 67.2 Å². The summed E-state index contributed by atoms with van der Waals surface area (Å²) in [6.45, 7) is 5.75. The highest BCUT2D eigenvalue weighted by Crippen LogP contribution is 2.18. The number of hydrogen-bond donors (Lipinski definition) is 1. The molecule has 6 heteroatoms. The van der Waals surface area contributed by atoms with Gasteiger partial charge in [0.1, 0.15) is 11.6 Å². The molecule has 2 heterocycles. The Kier molecular flexibility index (Phi) is 3.34. The Balaban J connectivity index is 2.08. The number of piperazine rings is 1. The van der Waals surface area contributed by atoms with Crippen molar-refractivity contribution in [2.45, 2.75) is 38.8 Å². The molecular weight excluding hydrogens is 244 g/mol. The second-order valence-electron chi connectivity index (χ2n) is 5.56. The predicted octanol–water partition coefficient (Wildman–Crippen LogP) is 0.0881. The van der Waals surface area contributed by atoms with Crippen molar-refractivity contribution in [1.29, 1.82) is 0 Å². The molecule has 1 fully saturated rings. The van der Waals surface area contributed by atoms with Crippen LogP contribution in [0.4, 0.5) is 0 Å². The van der Waals surface area contributed by atoms with Crippen molar-refractivity contribution in [2.24, 2.45) is 7.05 Å². The van der Waals surface area contributed by atoms with E-state index < -0.39 is 11.6 Å². The first kappa shape index (κ1) is 13.6. The fraction of sp³-hybridized carbons (Fsp3) is 0.615. The zero-order chi connectivity index (χ0) is 14.2. The second-order valence-corrected chi connectivity index (χ2v) is 5.56. The zero-order valence-corrected chi connectivity index (χ0v) is 11.8. The van der Waals surface area contributed by atoms with Crippen molar-refractivity contribution in [2.75, 3.05) is 6.54 Å². The van der Waals surface area contributed by atoms with Crippen molar-refractivity contribution in [3.63, 3.8) is 0 Å². The van der Waals surface area contributed by atoms with Gasteiger partial charge in [0.25, 0.3) is 0 Å². The molecule has 2 amide bonds. The summed E-state index contributed by atoms with van der Waals surface area (Å²) in [6.07, 6.45) is 4.40. The molecule has 6 nitrogen and oxygen atoms in total. The quantitative estimate of drug-likeness (QED) is 0.841. The SMILES string of the molecule is CC1C(=O)NC(C)(C)C(=O)N1CCc1cnn(C)c1. The van der Waals surface area contributed by atoms with Gasteiger partial charge in [0.2, 0.25) is 11.8 Å². The minimum Gasteiger partial charge on any atom is -0.340 e. The Morgan fingerprint density at radius 2 is 2.11 bits per heavy atom. The molecule has 1 aliphatic heterocycles. The Bertz CT molecular complexity index is 506. The van der Waals surface area contributed by atoms with Crippen LogP contribution >= 0.6 is 0 Å². The summed E-state index contributed by atoms with van der Waals surface area (Å²) in [6, 6.07) is -0.419. The molecule has 104 valence electrons. The van der Waals surface area contributed by atoms with Gasteiger partial charge >= 0.3 is 0 Å². The molecule has 1 aromatic rings. The molecule has 1 N–H and O–H groups in total. The lowest BCUT2D eigenvalue weighted by Crippen LogP contribution is -2.67. The van der Waals surface area contributed by atoms with Gasteiger partial charge < -0.3 is 10.2 Å². The molecule has 0 aliphatic carbocycles. The maximum Gasteiger partial charge on any atom is 0.248 e. The van der Waals surface area contributed by atoms with Gasteiger partial charge in [-0.1, -0.05) is 0 Å². The van der Waals surface area contributed by atoms with Crippen LogP contribution in [0.25, 0.3) is 0 Å². The molecule has 0 radical (unpaired) electrons. The monoisotopic (exact) mass is 264 g/mol. The number of nitrogens with zero attached hydrogens (tertiary/aromatic N) is 3. The number of aromatic nitrogens is 2. The standard InChI is InChI=1S/C13H20N4O2/c1-9-11(18)15-13(2,3)12(19)17(9)6-5-10-7-14-16(4)8-10/h7-9H,5-6H2,1-4H3,(H,15,18). The van der Waals surface area contributed by atoms with Gasteiger partial charge in [-0.25, -0.2) is 0 Å². The van der Waals surface area contributed by atoms with E-state index in [0.717, 1.165) is 5.56 Å². The molecule has 1 atom stereocenters. The van der Waals surface area contributed by atoms with Gasteiger partial charge in [-0.05, 0) is 32.8 Å². The highest BCUT2D eigenvalue weighted by Gasteiger charge is 2.42. The number of carbonyl (C=O) groups excluding carboxylic acids is 2. The summed E-state index contributed by atoms with van der Waals surface area (Å²) in [5.74, 6) is -0.140. The lowest BCUT2D eigenvalue weighted by Gasteiger charge is -2.41. The van der Waals surface area contributed by atoms with E-state index >= 15 is 0 Å². The Hall–Kier alpha value is -1.85. The van der Waals surface area contributed by atoms with Gasteiger partial charge in [0, 0.05) is 19.8 Å². The van der Waals surface area contributed by atoms with Crippen LogP contribution in [0.5, 0.6) is 0 Å². The van der Waals surface area contributed by atoms with Crippen LogP contribution in [0, 0.1) is 0 Å². The van der Waals surface area contributed by atoms with Crippen molar-refractivity contribution >= 4 is 11.8 Å². The van der Waals surface area contributed by atoms with E-state index in [0.29, 0.717) is 13.0 Å². The lowest BCUT2D eigenvalue weighted by molar-refractivity contribution is -0.152. The summed E-state index contributed by atoms with van der Waals surface area (Å²) >= 11 is 0. The maximum atomic E-state index is 12.3. The van der Waals surface area contributed by atoms with E-state index in [4.69, 9.17) is 0 Å². The van der Waals surface area contributed by atoms with Crippen LogP contribution in [0.15, 0.2) is 12.4 Å². The minimum atomic E-state index is -0.821. The van der Waals surface area contributed by atoms with Gasteiger partial charge in [-0.15, -0.1) is 0 Å². The highest BCUT2D eigenvalue weighted by molar-refractivity contribution is 5.99. The molecule has 0 bridgehead atoms. The predicted molar refractivity (Wildman–Crippen MR) is 70.3 cm³/mol. The molecule has 1 unspecified atom stereocenters. The van der Waals surface area contributed by atoms with E-state index in [2.05, 4.69) is 10.4 Å². The third kappa shape index (κ3) is 2.62. The van der Waals surface area contributed by atoms with E-state index in [-0.39, 0.29) is 11.8 Å². The first-order valence-electron chi connectivity index (χ1n) is 6.42. The molecular formula is C13H20N4O2. The van der Waals surface area contributed by atoms with Crippen LogP contribution in [0.2, 0.25) is 0 Å². The fourth-order valence-corrected chi connectivity index (χ4v) is 2.29. The Morgan fingerprint density at radius 3 is 2.68 bits per heavy atom. The third-order valence-electron chi connectivity index (χ3n) is 3.48. The number of nitrogens with one attached hydrogen (secondary N) is 1. The van der Waals surface area contributed by atoms with Gasteiger partial charge in [0.15, 0.2) is 0 Å². The van der Waals surface area contributed by atoms with E-state index in [9.17, 15) is 9.59 Å². The summed E-state index contributed by atoms with van der Waals surface area (Å²) in [4.78, 5) is 25.8. The van der Waals surface area contributed by atoms with Crippen molar-refractivity contribution in [3.8, 4) is 0 Å². The molecule has 2 rings (SSSR count). The third-order valence-corrected chi connectivity index (χ3v) is 3.48. The average molecular weight is 264 g/mol. The number of amides is 2. The van der Waals surface area contributed by atoms with Crippen molar-refractivity contribution < 1.29 is 9.59 Å². The Labute approximate surface area is 112 Å². The smallest absolute Gasteiger partial charge is 0.248 e. The number of rotatable bonds is 3. The van der Waals surface area contributed by atoms with Crippen LogP contribution in [0.1, 0.15) is 26.3 Å². The van der Waals surface area contributed by atoms with Crippen molar-refractivity contribution in [3.05, 3.63) is 18.0 Å². The Morgan fingerprint density at radius 1 is 1.42 bits per heavy atom. The number of hydrogen-bond acceptors (Lipinski definition) is 3. The fourth-order valence-electron chi connectivity index (χ4n) is 2.29. The van der Waals surface area contributed by atoms with Gasteiger partial charge in [0.05, 0.1) is 6.20 Å². The van der Waals surface area contributed by atoms with Crippen LogP contribution in [-0.4, -0.2) is 44.6 Å². The van der Waals surface area contributed by atoms with E-state index in [1.54, 1.807) is 36.5 Å². The van der Waals surface area contributed by atoms with Crippen LogP contribution in [-0.2, 0) is 23.1 Å².